The molecular weight excluding hydrogens is 522 g/mol. The Morgan fingerprint density at radius 1 is 1.11 bits per heavy atom. The first kappa shape index (κ1) is 25.0. The molecule has 4 aromatic rings. The van der Waals surface area contributed by atoms with Gasteiger partial charge in [-0.3, -0.25) is 9.00 Å². The van der Waals surface area contributed by atoms with Crippen molar-refractivity contribution >= 4 is 45.0 Å². The third-order valence-electron chi connectivity index (χ3n) is 7.43. The third kappa shape index (κ3) is 4.80. The SMILES string of the molecule is Cc1noc(C)c1-c1ccc2nc(C(=O)NC3CCS(=O)CC3)nc(NC3(c4cccc(Cl)c4)CC3)c2c1. The quantitative estimate of drug-likeness (QED) is 0.336. The molecule has 1 aliphatic carbocycles. The Labute approximate surface area is 228 Å². The minimum Gasteiger partial charge on any atom is -0.361 e. The molecule has 1 saturated carbocycles. The van der Waals surface area contributed by atoms with Crippen LogP contribution in [0.2, 0.25) is 5.02 Å². The number of carbonyl (C=O) groups is 1. The van der Waals surface area contributed by atoms with Crippen LogP contribution in [0.25, 0.3) is 22.0 Å². The monoisotopic (exact) mass is 549 g/mol. The normalized spacial score (nSPS) is 20.3. The minimum atomic E-state index is -0.799. The van der Waals surface area contributed by atoms with Crippen LogP contribution in [0.3, 0.4) is 0 Å². The number of halogens is 1. The van der Waals surface area contributed by atoms with Gasteiger partial charge in [-0.05, 0) is 74.9 Å². The Kier molecular flexibility index (Phi) is 6.44. The van der Waals surface area contributed by atoms with E-state index in [2.05, 4.69) is 26.8 Å². The molecule has 2 fully saturated rings. The highest BCUT2D eigenvalue weighted by molar-refractivity contribution is 7.85. The van der Waals surface area contributed by atoms with E-state index in [4.69, 9.17) is 21.1 Å². The molecule has 196 valence electrons. The van der Waals surface area contributed by atoms with Gasteiger partial charge in [0.1, 0.15) is 11.6 Å². The molecule has 2 aromatic heterocycles. The lowest BCUT2D eigenvalue weighted by Crippen LogP contribution is -2.40. The second-order valence-corrected chi connectivity index (χ2v) is 12.3. The van der Waals surface area contributed by atoms with Gasteiger partial charge in [0.15, 0.2) is 0 Å². The number of amides is 1. The van der Waals surface area contributed by atoms with Crippen LogP contribution in [0, 0.1) is 13.8 Å². The third-order valence-corrected chi connectivity index (χ3v) is 9.05. The summed E-state index contributed by atoms with van der Waals surface area (Å²) in [6, 6.07) is 13.7. The predicted octanol–water partition coefficient (Wildman–Crippen LogP) is 5.30. The molecule has 8 nitrogen and oxygen atoms in total. The zero-order chi connectivity index (χ0) is 26.4. The molecule has 10 heteroatoms. The fraction of sp³-hybridized carbons (Fsp3) is 0.357. The highest BCUT2D eigenvalue weighted by Gasteiger charge is 2.45. The maximum Gasteiger partial charge on any atom is 0.289 e. The number of anilines is 1. The summed E-state index contributed by atoms with van der Waals surface area (Å²) in [6.07, 6.45) is 3.22. The molecule has 6 rings (SSSR count). The van der Waals surface area contributed by atoms with Crippen LogP contribution in [0.15, 0.2) is 47.0 Å². The van der Waals surface area contributed by atoms with Gasteiger partial charge in [0.25, 0.3) is 5.91 Å². The van der Waals surface area contributed by atoms with E-state index in [-0.39, 0.29) is 23.3 Å². The molecule has 1 aliphatic heterocycles. The summed E-state index contributed by atoms with van der Waals surface area (Å²) in [4.78, 5) is 22.6. The smallest absolute Gasteiger partial charge is 0.289 e. The number of benzene rings is 2. The van der Waals surface area contributed by atoms with Crippen molar-refractivity contribution in [2.24, 2.45) is 0 Å². The summed E-state index contributed by atoms with van der Waals surface area (Å²) < 4.78 is 17.1. The topological polar surface area (TPSA) is 110 Å². The highest BCUT2D eigenvalue weighted by atomic mass is 35.5. The first-order valence-electron chi connectivity index (χ1n) is 12.8. The maximum atomic E-state index is 13.3. The van der Waals surface area contributed by atoms with Crippen molar-refractivity contribution in [3.05, 3.63) is 70.3 Å². The lowest BCUT2D eigenvalue weighted by molar-refractivity contribution is 0.0924. The minimum absolute atomic E-state index is 0.0286. The average Bonchev–Trinajstić information content (AvgIpc) is 3.62. The number of nitrogens with zero attached hydrogens (tertiary/aromatic N) is 3. The standard InChI is InChI=1S/C28H28ClN5O3S/c1-16-24(17(2)37-34-16)18-6-7-23-22(14-18)25(33-28(10-11-28)19-4-3-5-20(29)15-19)32-26(31-23)27(35)30-21-8-12-38(36)13-9-21/h3-7,14-15,21H,8-13H2,1-2H3,(H,30,35)(H,31,32,33). The van der Waals surface area contributed by atoms with E-state index < -0.39 is 10.8 Å². The number of carbonyl (C=O) groups excluding carboxylic acids is 1. The molecule has 0 bridgehead atoms. The van der Waals surface area contributed by atoms with E-state index in [9.17, 15) is 9.00 Å². The van der Waals surface area contributed by atoms with E-state index in [1.165, 1.54) is 0 Å². The van der Waals surface area contributed by atoms with E-state index in [0.29, 0.717) is 40.7 Å². The van der Waals surface area contributed by atoms with Gasteiger partial charge in [0.2, 0.25) is 5.82 Å². The summed E-state index contributed by atoms with van der Waals surface area (Å²) in [7, 11) is -0.799. The molecule has 38 heavy (non-hydrogen) atoms. The summed E-state index contributed by atoms with van der Waals surface area (Å²) in [5.74, 6) is 2.32. The largest absolute Gasteiger partial charge is 0.361 e. The number of aromatic nitrogens is 3. The van der Waals surface area contributed by atoms with Crippen molar-refractivity contribution in [3.63, 3.8) is 0 Å². The summed E-state index contributed by atoms with van der Waals surface area (Å²) >= 11 is 6.31. The van der Waals surface area contributed by atoms with Crippen LogP contribution in [-0.4, -0.2) is 42.8 Å². The lowest BCUT2D eigenvalue weighted by atomic mass is 10.0. The zero-order valence-corrected chi connectivity index (χ0v) is 22.8. The Balaban J connectivity index is 1.41. The van der Waals surface area contributed by atoms with Crippen molar-refractivity contribution in [2.75, 3.05) is 16.8 Å². The fourth-order valence-corrected chi connectivity index (χ4v) is 6.68. The van der Waals surface area contributed by atoms with Crippen molar-refractivity contribution in [1.29, 1.82) is 0 Å². The fourth-order valence-electron chi connectivity index (χ4n) is 5.19. The summed E-state index contributed by atoms with van der Waals surface area (Å²) in [5, 5.41) is 12.3. The molecule has 0 radical (unpaired) electrons. The van der Waals surface area contributed by atoms with Gasteiger partial charge in [0.05, 0.1) is 16.7 Å². The van der Waals surface area contributed by atoms with Crippen LogP contribution < -0.4 is 10.6 Å². The summed E-state index contributed by atoms with van der Waals surface area (Å²) in [6.45, 7) is 3.81. The number of nitrogens with one attached hydrogen (secondary N) is 2. The molecule has 3 heterocycles. The Morgan fingerprint density at radius 2 is 1.89 bits per heavy atom. The Bertz CT molecular complexity index is 1550. The highest BCUT2D eigenvalue weighted by Crippen LogP contribution is 2.49. The Morgan fingerprint density at radius 3 is 2.58 bits per heavy atom. The van der Waals surface area contributed by atoms with E-state index >= 15 is 0 Å². The van der Waals surface area contributed by atoms with Gasteiger partial charge in [-0.2, -0.15) is 0 Å². The zero-order valence-electron chi connectivity index (χ0n) is 21.2. The molecule has 2 aromatic carbocycles. The van der Waals surface area contributed by atoms with Gasteiger partial charge in [-0.1, -0.05) is 35.0 Å². The lowest BCUT2D eigenvalue weighted by Gasteiger charge is -2.23. The molecular formula is C28H28ClN5O3S. The van der Waals surface area contributed by atoms with Crippen LogP contribution in [-0.2, 0) is 16.3 Å². The summed E-state index contributed by atoms with van der Waals surface area (Å²) in [5.41, 5.74) is 4.12. The van der Waals surface area contributed by atoms with Gasteiger partial charge in [-0.15, -0.1) is 0 Å². The van der Waals surface area contributed by atoms with Gasteiger partial charge < -0.3 is 15.2 Å². The van der Waals surface area contributed by atoms with Gasteiger partial charge in [0, 0.05) is 44.3 Å². The average molecular weight is 550 g/mol. The molecule has 0 unspecified atom stereocenters. The van der Waals surface area contributed by atoms with E-state index in [1.54, 1.807) is 0 Å². The van der Waals surface area contributed by atoms with Gasteiger partial charge in [-0.25, -0.2) is 9.97 Å². The first-order valence-corrected chi connectivity index (χ1v) is 14.6. The Hall–Kier alpha value is -3.30. The van der Waals surface area contributed by atoms with Gasteiger partial charge >= 0.3 is 0 Å². The second-order valence-electron chi connectivity index (χ2n) is 10.1. The van der Waals surface area contributed by atoms with Crippen molar-refractivity contribution in [3.8, 4) is 11.1 Å². The van der Waals surface area contributed by atoms with Crippen LogP contribution in [0.4, 0.5) is 5.82 Å². The first-order chi connectivity index (χ1) is 18.3. The van der Waals surface area contributed by atoms with E-state index in [0.717, 1.165) is 46.4 Å². The number of rotatable bonds is 6. The number of fused-ring (bicyclic) bond motifs is 1. The molecule has 1 amide bonds. The molecule has 1 saturated heterocycles. The second kappa shape index (κ2) is 9.78. The number of aryl methyl sites for hydroxylation is 2. The van der Waals surface area contributed by atoms with Crippen molar-refractivity contribution in [1.82, 2.24) is 20.4 Å². The van der Waals surface area contributed by atoms with Crippen LogP contribution in [0.5, 0.6) is 0 Å². The maximum absolute atomic E-state index is 13.3. The molecule has 2 N–H and O–H groups in total. The molecule has 0 atom stereocenters. The van der Waals surface area contributed by atoms with Crippen molar-refractivity contribution < 1.29 is 13.5 Å². The van der Waals surface area contributed by atoms with Crippen molar-refractivity contribution in [2.45, 2.75) is 51.1 Å². The number of hydrogen-bond donors (Lipinski definition) is 2. The molecule has 0 spiro atoms. The molecule has 2 aliphatic rings. The number of hydrogen-bond acceptors (Lipinski definition) is 7. The van der Waals surface area contributed by atoms with Crippen LogP contribution in [0.1, 0.15) is 53.3 Å². The van der Waals surface area contributed by atoms with Crippen LogP contribution >= 0.6 is 11.6 Å². The predicted molar refractivity (Wildman–Crippen MR) is 149 cm³/mol. The van der Waals surface area contributed by atoms with E-state index in [1.807, 2.05) is 50.2 Å².